The van der Waals surface area contributed by atoms with Crippen LogP contribution < -0.4 is 10.6 Å². The summed E-state index contributed by atoms with van der Waals surface area (Å²) in [4.78, 5) is 11.9. The lowest BCUT2D eigenvalue weighted by atomic mass is 9.97. The molecule has 2 aromatic carbocycles. The van der Waals surface area contributed by atoms with E-state index < -0.39 is 0 Å². The van der Waals surface area contributed by atoms with E-state index in [4.69, 9.17) is 17.0 Å². The molecule has 0 amide bonds. The van der Waals surface area contributed by atoms with Crippen LogP contribution in [0.4, 0.5) is 5.69 Å². The van der Waals surface area contributed by atoms with Crippen molar-refractivity contribution < 1.29 is 9.53 Å². The molecule has 0 spiro atoms. The molecule has 0 aliphatic rings. The summed E-state index contributed by atoms with van der Waals surface area (Å²) < 4.78 is 5.04. The Labute approximate surface area is 167 Å². The SMILES string of the molecule is CCOC(=O)c1ccc(NC(=S)N[C@H](CC(C)C)c2ccccc2)c(C)c1. The zero-order valence-corrected chi connectivity index (χ0v) is 17.2. The number of nitrogens with one attached hydrogen (secondary N) is 2. The van der Waals surface area contributed by atoms with Gasteiger partial charge < -0.3 is 15.4 Å². The average molecular weight is 385 g/mol. The number of esters is 1. The maximum Gasteiger partial charge on any atom is 0.338 e. The van der Waals surface area contributed by atoms with Gasteiger partial charge in [-0.1, -0.05) is 44.2 Å². The molecule has 0 saturated heterocycles. The van der Waals surface area contributed by atoms with Crippen LogP contribution in [0.5, 0.6) is 0 Å². The summed E-state index contributed by atoms with van der Waals surface area (Å²) in [5.41, 5.74) is 3.56. The summed E-state index contributed by atoms with van der Waals surface area (Å²) in [6, 6.07) is 15.9. The first-order valence-electron chi connectivity index (χ1n) is 9.31. The van der Waals surface area contributed by atoms with E-state index in [0.717, 1.165) is 17.7 Å². The first kappa shape index (κ1) is 20.9. The standard InChI is InChI=1S/C22H28N2O2S/c1-5-26-21(25)18-11-12-19(16(4)14-18)23-22(27)24-20(13-15(2)3)17-9-7-6-8-10-17/h6-12,14-15,20H,5,13H2,1-4H3,(H2,23,24,27)/t20-/m1/s1. The van der Waals surface area contributed by atoms with Crippen LogP contribution in [0.15, 0.2) is 48.5 Å². The average Bonchev–Trinajstić information content (AvgIpc) is 2.63. The van der Waals surface area contributed by atoms with Gasteiger partial charge in [0.1, 0.15) is 0 Å². The molecule has 144 valence electrons. The van der Waals surface area contributed by atoms with Gasteiger partial charge in [0.2, 0.25) is 0 Å². The maximum atomic E-state index is 11.9. The van der Waals surface area contributed by atoms with Crippen molar-refractivity contribution >= 4 is 29.0 Å². The number of thiocarbonyl (C=S) groups is 1. The van der Waals surface area contributed by atoms with Gasteiger partial charge in [0, 0.05) is 5.69 Å². The summed E-state index contributed by atoms with van der Waals surface area (Å²) in [5, 5.41) is 7.24. The summed E-state index contributed by atoms with van der Waals surface area (Å²) in [6.07, 6.45) is 0.979. The summed E-state index contributed by atoms with van der Waals surface area (Å²) in [7, 11) is 0. The Kier molecular flexibility index (Phi) is 7.80. The highest BCUT2D eigenvalue weighted by Gasteiger charge is 2.15. The molecule has 0 bridgehead atoms. The van der Waals surface area contributed by atoms with E-state index in [1.807, 2.05) is 37.3 Å². The molecule has 5 heteroatoms. The number of aryl methyl sites for hydroxylation is 1. The quantitative estimate of drug-likeness (QED) is 0.505. The van der Waals surface area contributed by atoms with Crippen molar-refractivity contribution in [2.24, 2.45) is 5.92 Å². The molecular formula is C22H28N2O2S. The minimum absolute atomic E-state index is 0.144. The fourth-order valence-corrected chi connectivity index (χ4v) is 3.15. The van der Waals surface area contributed by atoms with E-state index in [2.05, 4.69) is 36.6 Å². The molecule has 0 aliphatic heterocycles. The monoisotopic (exact) mass is 384 g/mol. The number of ether oxygens (including phenoxy) is 1. The fourth-order valence-electron chi connectivity index (χ4n) is 2.90. The predicted octanol–water partition coefficient (Wildman–Crippen LogP) is 5.25. The summed E-state index contributed by atoms with van der Waals surface area (Å²) in [6.45, 7) is 8.50. The van der Waals surface area contributed by atoms with Crippen molar-refractivity contribution in [1.82, 2.24) is 5.32 Å². The molecule has 0 saturated carbocycles. The van der Waals surface area contributed by atoms with Crippen LogP contribution in [0.1, 0.15) is 54.7 Å². The van der Waals surface area contributed by atoms with E-state index in [1.165, 1.54) is 5.56 Å². The molecule has 4 nitrogen and oxygen atoms in total. The van der Waals surface area contributed by atoms with Gasteiger partial charge in [0.05, 0.1) is 18.2 Å². The van der Waals surface area contributed by atoms with Crippen molar-refractivity contribution in [3.05, 3.63) is 65.2 Å². The summed E-state index contributed by atoms with van der Waals surface area (Å²) in [5.74, 6) is 0.227. The number of carbonyl (C=O) groups excluding carboxylic acids is 1. The van der Waals surface area contributed by atoms with Gasteiger partial charge in [-0.3, -0.25) is 0 Å². The second kappa shape index (κ2) is 10.1. The molecule has 2 rings (SSSR count). The Morgan fingerprint density at radius 3 is 2.44 bits per heavy atom. The lowest BCUT2D eigenvalue weighted by Gasteiger charge is -2.23. The van der Waals surface area contributed by atoms with Gasteiger partial charge in [0.25, 0.3) is 0 Å². The highest BCUT2D eigenvalue weighted by molar-refractivity contribution is 7.80. The Balaban J connectivity index is 2.08. The van der Waals surface area contributed by atoms with Crippen LogP contribution in [-0.4, -0.2) is 17.7 Å². The minimum atomic E-state index is -0.311. The number of carbonyl (C=O) groups is 1. The van der Waals surface area contributed by atoms with E-state index >= 15 is 0 Å². The molecule has 0 fully saturated rings. The third kappa shape index (κ3) is 6.36. The van der Waals surface area contributed by atoms with Gasteiger partial charge in [0.15, 0.2) is 5.11 Å². The van der Waals surface area contributed by atoms with Crippen molar-refractivity contribution in [3.8, 4) is 0 Å². The number of hydrogen-bond acceptors (Lipinski definition) is 3. The predicted molar refractivity (Wildman–Crippen MR) is 115 cm³/mol. The molecule has 0 aromatic heterocycles. The third-order valence-corrected chi connectivity index (χ3v) is 4.42. The maximum absolute atomic E-state index is 11.9. The molecule has 2 N–H and O–H groups in total. The number of benzene rings is 2. The molecule has 0 heterocycles. The van der Waals surface area contributed by atoms with E-state index in [-0.39, 0.29) is 12.0 Å². The van der Waals surface area contributed by atoms with Gasteiger partial charge in [-0.2, -0.15) is 0 Å². The second-order valence-electron chi connectivity index (χ2n) is 6.94. The molecule has 2 aromatic rings. The fraction of sp³-hybridized carbons (Fsp3) is 0.364. The van der Waals surface area contributed by atoms with Crippen molar-refractivity contribution in [3.63, 3.8) is 0 Å². The van der Waals surface area contributed by atoms with Crippen LogP contribution in [0.3, 0.4) is 0 Å². The first-order chi connectivity index (χ1) is 12.9. The Bertz CT molecular complexity index is 775. The van der Waals surface area contributed by atoms with Crippen LogP contribution in [-0.2, 0) is 4.74 Å². The van der Waals surface area contributed by atoms with Gasteiger partial charge in [-0.15, -0.1) is 0 Å². The van der Waals surface area contributed by atoms with Crippen molar-refractivity contribution in [2.75, 3.05) is 11.9 Å². The largest absolute Gasteiger partial charge is 0.462 e. The Hall–Kier alpha value is -2.40. The topological polar surface area (TPSA) is 50.4 Å². The number of hydrogen-bond donors (Lipinski definition) is 2. The molecule has 1 atom stereocenters. The lowest BCUT2D eigenvalue weighted by molar-refractivity contribution is 0.0526. The lowest BCUT2D eigenvalue weighted by Crippen LogP contribution is -2.33. The zero-order chi connectivity index (χ0) is 19.8. The molecule has 0 unspecified atom stereocenters. The highest BCUT2D eigenvalue weighted by atomic mass is 32.1. The van der Waals surface area contributed by atoms with Crippen LogP contribution in [0.25, 0.3) is 0 Å². The second-order valence-corrected chi connectivity index (χ2v) is 7.35. The first-order valence-corrected chi connectivity index (χ1v) is 9.71. The van der Waals surface area contributed by atoms with E-state index in [9.17, 15) is 4.79 Å². The van der Waals surface area contributed by atoms with Gasteiger partial charge in [-0.05, 0) is 67.7 Å². The zero-order valence-electron chi connectivity index (χ0n) is 16.4. The van der Waals surface area contributed by atoms with Gasteiger partial charge in [-0.25, -0.2) is 4.79 Å². The Morgan fingerprint density at radius 2 is 1.85 bits per heavy atom. The van der Waals surface area contributed by atoms with E-state index in [1.54, 1.807) is 13.0 Å². The highest BCUT2D eigenvalue weighted by Crippen LogP contribution is 2.22. The number of anilines is 1. The normalized spacial score (nSPS) is 11.7. The van der Waals surface area contributed by atoms with Gasteiger partial charge >= 0.3 is 5.97 Å². The van der Waals surface area contributed by atoms with Crippen molar-refractivity contribution in [2.45, 2.75) is 40.2 Å². The van der Waals surface area contributed by atoms with Crippen LogP contribution in [0, 0.1) is 12.8 Å². The van der Waals surface area contributed by atoms with Crippen molar-refractivity contribution in [1.29, 1.82) is 0 Å². The van der Waals surface area contributed by atoms with Crippen LogP contribution in [0.2, 0.25) is 0 Å². The summed E-state index contributed by atoms with van der Waals surface area (Å²) >= 11 is 5.54. The molecule has 0 aliphatic carbocycles. The minimum Gasteiger partial charge on any atom is -0.462 e. The number of rotatable bonds is 7. The molecule has 0 radical (unpaired) electrons. The molecular weight excluding hydrogens is 356 g/mol. The van der Waals surface area contributed by atoms with E-state index in [0.29, 0.717) is 23.2 Å². The van der Waals surface area contributed by atoms with Crippen LogP contribution >= 0.6 is 12.2 Å². The Morgan fingerprint density at radius 1 is 1.15 bits per heavy atom. The smallest absolute Gasteiger partial charge is 0.338 e. The third-order valence-electron chi connectivity index (χ3n) is 4.20. The molecule has 27 heavy (non-hydrogen) atoms.